The summed E-state index contributed by atoms with van der Waals surface area (Å²) in [6.07, 6.45) is 0. The maximum atomic E-state index is 12.5. The fourth-order valence-corrected chi connectivity index (χ4v) is 4.91. The normalized spacial score (nSPS) is 13.3. The van der Waals surface area contributed by atoms with Crippen LogP contribution in [0.15, 0.2) is 52.4 Å². The molecule has 0 radical (unpaired) electrons. The van der Waals surface area contributed by atoms with E-state index in [1.54, 1.807) is 37.1 Å². The molecule has 10 heteroatoms. The van der Waals surface area contributed by atoms with Gasteiger partial charge in [0, 0.05) is 32.2 Å². The lowest BCUT2D eigenvalue weighted by molar-refractivity contribution is -0.135. The van der Waals surface area contributed by atoms with Gasteiger partial charge in [0.25, 0.3) is 0 Å². The highest BCUT2D eigenvalue weighted by Gasteiger charge is 2.17. The number of hydrogen-bond donors (Lipinski definition) is 2. The number of amidine groups is 1. The van der Waals surface area contributed by atoms with Gasteiger partial charge in [-0.2, -0.15) is 0 Å². The van der Waals surface area contributed by atoms with Crippen molar-refractivity contribution in [1.29, 1.82) is 0 Å². The number of aryl methyl sites for hydroxylation is 1. The molecule has 0 aromatic heterocycles. The molecule has 2 aromatic carbocycles. The molecule has 34 heavy (non-hydrogen) atoms. The third-order valence-electron chi connectivity index (χ3n) is 5.40. The van der Waals surface area contributed by atoms with E-state index in [2.05, 4.69) is 15.6 Å². The lowest BCUT2D eigenvalue weighted by atomic mass is 10.1. The number of amides is 1. The number of methoxy groups -OCH3 is 1. The summed E-state index contributed by atoms with van der Waals surface area (Å²) in [5.74, 6) is 1.16. The van der Waals surface area contributed by atoms with Crippen molar-refractivity contribution in [2.45, 2.75) is 18.4 Å². The number of benzene rings is 2. The molecular weight excluding hydrogens is 456 g/mol. The predicted octanol–water partition coefficient (Wildman–Crippen LogP) is 1.35. The largest absolute Gasteiger partial charge is 0.497 e. The predicted molar refractivity (Wildman–Crippen MR) is 131 cm³/mol. The lowest BCUT2D eigenvalue weighted by Crippen LogP contribution is -2.32. The average molecular weight is 489 g/mol. The topological polar surface area (TPSA) is 109 Å². The third-order valence-corrected chi connectivity index (χ3v) is 7.12. The first-order chi connectivity index (χ1) is 16.3. The molecule has 1 aliphatic rings. The van der Waals surface area contributed by atoms with Gasteiger partial charge >= 0.3 is 0 Å². The summed E-state index contributed by atoms with van der Waals surface area (Å²) in [6, 6.07) is 12.8. The smallest absolute Gasteiger partial charge is 0.248 e. The van der Waals surface area contributed by atoms with Crippen molar-refractivity contribution >= 4 is 21.6 Å². The van der Waals surface area contributed by atoms with Crippen LogP contribution in [0.1, 0.15) is 16.7 Å². The fraction of sp³-hybridized carbons (Fsp3) is 0.417. The molecule has 0 unspecified atom stereocenters. The minimum atomic E-state index is -3.48. The van der Waals surface area contributed by atoms with Crippen molar-refractivity contribution in [1.82, 2.24) is 15.5 Å². The molecule has 0 spiro atoms. The molecule has 1 heterocycles. The molecule has 0 bridgehead atoms. The molecule has 0 saturated carbocycles. The van der Waals surface area contributed by atoms with Crippen LogP contribution in [0.3, 0.4) is 0 Å². The number of ether oxygens (including phenoxy) is 2. The summed E-state index contributed by atoms with van der Waals surface area (Å²) in [4.78, 5) is 18.6. The summed E-state index contributed by atoms with van der Waals surface area (Å²) >= 11 is 0. The van der Waals surface area contributed by atoms with Crippen molar-refractivity contribution in [3.05, 3.63) is 59.2 Å². The monoisotopic (exact) mass is 488 g/mol. The van der Waals surface area contributed by atoms with E-state index in [0.717, 1.165) is 30.1 Å². The van der Waals surface area contributed by atoms with E-state index in [1.807, 2.05) is 24.3 Å². The van der Waals surface area contributed by atoms with Crippen LogP contribution in [0.5, 0.6) is 5.75 Å². The molecule has 0 atom stereocenters. The van der Waals surface area contributed by atoms with E-state index in [9.17, 15) is 13.2 Å². The Bertz CT molecular complexity index is 1120. The third kappa shape index (κ3) is 7.02. The average Bonchev–Trinajstić information content (AvgIpc) is 3.36. The van der Waals surface area contributed by atoms with Crippen LogP contribution in [0.2, 0.25) is 0 Å². The minimum Gasteiger partial charge on any atom is -0.497 e. The molecule has 184 valence electrons. The van der Waals surface area contributed by atoms with Crippen molar-refractivity contribution in [3.8, 4) is 5.75 Å². The molecule has 0 saturated heterocycles. The Morgan fingerprint density at radius 1 is 1.21 bits per heavy atom. The van der Waals surface area contributed by atoms with Crippen molar-refractivity contribution in [2.75, 3.05) is 52.9 Å². The fourth-order valence-electron chi connectivity index (χ4n) is 3.52. The van der Waals surface area contributed by atoms with E-state index in [1.165, 1.54) is 7.11 Å². The van der Waals surface area contributed by atoms with Gasteiger partial charge in [0.15, 0.2) is 9.84 Å². The number of sulfone groups is 1. The molecule has 9 nitrogen and oxygen atoms in total. The second-order valence-corrected chi connectivity index (χ2v) is 10.0. The standard InChI is InChI=1S/C24H32N4O5S/c1-18-14-21(32-3)8-9-22(18)34(30,31)17-25-12-13-33-16-23(29)28(2)15-19-4-6-20(7-5-19)24-26-10-11-27-24/h4-9,14,25H,10-13,15-17H2,1-3H3,(H,26,27). The molecule has 2 aromatic rings. The lowest BCUT2D eigenvalue weighted by Gasteiger charge is -2.17. The summed E-state index contributed by atoms with van der Waals surface area (Å²) in [7, 11) is -0.222. The van der Waals surface area contributed by atoms with Gasteiger partial charge in [-0.15, -0.1) is 0 Å². The Kier molecular flexibility index (Phi) is 9.03. The zero-order chi connectivity index (χ0) is 24.6. The van der Waals surface area contributed by atoms with E-state index in [-0.39, 0.29) is 29.9 Å². The van der Waals surface area contributed by atoms with Crippen LogP contribution in [0.25, 0.3) is 0 Å². The van der Waals surface area contributed by atoms with Gasteiger partial charge in [-0.25, -0.2) is 8.42 Å². The van der Waals surface area contributed by atoms with E-state index in [0.29, 0.717) is 24.4 Å². The van der Waals surface area contributed by atoms with Crippen molar-refractivity contribution in [3.63, 3.8) is 0 Å². The van der Waals surface area contributed by atoms with Gasteiger partial charge < -0.3 is 25.0 Å². The number of carbonyl (C=O) groups excluding carboxylic acids is 1. The summed E-state index contributed by atoms with van der Waals surface area (Å²) in [6.45, 7) is 4.33. The molecular formula is C24H32N4O5S. The van der Waals surface area contributed by atoms with Crippen LogP contribution in [-0.4, -0.2) is 77.9 Å². The highest BCUT2D eigenvalue weighted by molar-refractivity contribution is 7.91. The number of nitrogens with one attached hydrogen (secondary N) is 2. The van der Waals surface area contributed by atoms with Crippen molar-refractivity contribution in [2.24, 2.45) is 4.99 Å². The van der Waals surface area contributed by atoms with E-state index < -0.39 is 9.84 Å². The molecule has 0 aliphatic carbocycles. The summed E-state index contributed by atoms with van der Waals surface area (Å²) < 4.78 is 35.6. The number of hydrogen-bond acceptors (Lipinski definition) is 8. The Balaban J connectivity index is 1.35. The summed E-state index contributed by atoms with van der Waals surface area (Å²) in [5, 5.41) is 6.11. The van der Waals surface area contributed by atoms with Crippen LogP contribution in [-0.2, 0) is 25.9 Å². The number of carbonyl (C=O) groups is 1. The van der Waals surface area contributed by atoms with Crippen LogP contribution in [0, 0.1) is 6.92 Å². The van der Waals surface area contributed by atoms with Crippen molar-refractivity contribution < 1.29 is 22.7 Å². The first-order valence-electron chi connectivity index (χ1n) is 11.1. The zero-order valence-electron chi connectivity index (χ0n) is 19.8. The minimum absolute atomic E-state index is 0.0681. The van der Waals surface area contributed by atoms with Gasteiger partial charge in [0.1, 0.15) is 24.1 Å². The molecule has 1 aliphatic heterocycles. The zero-order valence-corrected chi connectivity index (χ0v) is 20.7. The number of aliphatic imine (C=N–C) groups is 1. The highest BCUT2D eigenvalue weighted by atomic mass is 32.2. The molecule has 2 N–H and O–H groups in total. The Morgan fingerprint density at radius 2 is 1.97 bits per heavy atom. The summed E-state index contributed by atoms with van der Waals surface area (Å²) in [5.41, 5.74) is 2.68. The van der Waals surface area contributed by atoms with Crippen LogP contribution in [0.4, 0.5) is 0 Å². The van der Waals surface area contributed by atoms with Gasteiger partial charge in [-0.3, -0.25) is 9.79 Å². The quantitative estimate of drug-likeness (QED) is 0.434. The van der Waals surface area contributed by atoms with Crippen LogP contribution < -0.4 is 15.4 Å². The number of likely N-dealkylation sites (N-methyl/N-ethyl adjacent to an activating group) is 1. The maximum Gasteiger partial charge on any atom is 0.248 e. The first kappa shape index (κ1) is 25.7. The van der Waals surface area contributed by atoms with Crippen LogP contribution >= 0.6 is 0 Å². The van der Waals surface area contributed by atoms with Gasteiger partial charge in [-0.1, -0.05) is 24.3 Å². The maximum absolute atomic E-state index is 12.5. The molecule has 3 rings (SSSR count). The Labute approximate surface area is 201 Å². The Morgan fingerprint density at radius 3 is 2.62 bits per heavy atom. The van der Waals surface area contributed by atoms with E-state index >= 15 is 0 Å². The number of nitrogens with zero attached hydrogens (tertiary/aromatic N) is 2. The second kappa shape index (κ2) is 12.0. The molecule has 0 fully saturated rings. The molecule has 1 amide bonds. The second-order valence-electron chi connectivity index (χ2n) is 8.05. The Hall–Kier alpha value is -2.95. The van der Waals surface area contributed by atoms with Gasteiger partial charge in [0.2, 0.25) is 5.91 Å². The number of rotatable bonds is 12. The SMILES string of the molecule is COc1ccc(S(=O)(=O)CNCCOCC(=O)N(C)Cc2ccc(C3=NCCN3)cc2)c(C)c1. The van der Waals surface area contributed by atoms with E-state index in [4.69, 9.17) is 9.47 Å². The highest BCUT2D eigenvalue weighted by Crippen LogP contribution is 2.21. The van der Waals surface area contributed by atoms with Gasteiger partial charge in [0.05, 0.1) is 25.2 Å². The van der Waals surface area contributed by atoms with Gasteiger partial charge in [-0.05, 0) is 36.2 Å². The first-order valence-corrected chi connectivity index (χ1v) is 12.7.